The molecule has 1 aromatic rings. The van der Waals surface area contributed by atoms with Gasteiger partial charge >= 0.3 is 0 Å². The van der Waals surface area contributed by atoms with Gasteiger partial charge in [-0.05, 0) is 36.6 Å². The molecule has 2 fully saturated rings. The summed E-state index contributed by atoms with van der Waals surface area (Å²) in [6.07, 6.45) is 0.541. The highest BCUT2D eigenvalue weighted by Crippen LogP contribution is 2.20. The molecule has 2 saturated heterocycles. The van der Waals surface area contributed by atoms with Crippen LogP contribution in [0.5, 0.6) is 0 Å². The van der Waals surface area contributed by atoms with Gasteiger partial charge in [0.05, 0.1) is 18.1 Å². The molecule has 0 radical (unpaired) electrons. The number of carbonyl (C=O) groups is 1. The normalized spacial score (nSPS) is 22.6. The van der Waals surface area contributed by atoms with Gasteiger partial charge in [0.15, 0.2) is 9.84 Å². The number of anilines is 1. The molecule has 8 heteroatoms. The third-order valence-electron chi connectivity index (χ3n) is 5.45. The highest BCUT2D eigenvalue weighted by atomic mass is 32.2. The Hall–Kier alpha value is -1.67. The summed E-state index contributed by atoms with van der Waals surface area (Å²) in [5.41, 5.74) is 0.991. The number of hydrogen-bond acceptors (Lipinski definition) is 5. The van der Waals surface area contributed by atoms with E-state index in [-0.39, 0.29) is 29.3 Å². The molecule has 2 aliphatic heterocycles. The minimum Gasteiger partial charge on any atom is -0.369 e. The highest BCUT2D eigenvalue weighted by Gasteiger charge is 2.35. The first-order valence-corrected chi connectivity index (χ1v) is 11.8. The Labute approximate surface area is 167 Å². The first-order chi connectivity index (χ1) is 13.2. The van der Waals surface area contributed by atoms with Crippen molar-refractivity contribution >= 4 is 21.4 Å². The maximum Gasteiger partial charge on any atom is 0.237 e. The number of piperazine rings is 1. The Bertz CT molecular complexity index is 774. The lowest BCUT2D eigenvalue weighted by Crippen LogP contribution is -2.52. The molecule has 0 unspecified atom stereocenters. The van der Waals surface area contributed by atoms with Crippen LogP contribution in [0.3, 0.4) is 0 Å². The molecule has 28 heavy (non-hydrogen) atoms. The second-order valence-electron chi connectivity index (χ2n) is 8.24. The van der Waals surface area contributed by atoms with Gasteiger partial charge in [-0.25, -0.2) is 12.8 Å². The fourth-order valence-electron chi connectivity index (χ4n) is 3.97. The lowest BCUT2D eigenvalue weighted by Gasteiger charge is -2.37. The summed E-state index contributed by atoms with van der Waals surface area (Å²) in [6.45, 7) is 8.07. The molecule has 6 nitrogen and oxygen atoms in total. The van der Waals surface area contributed by atoms with E-state index in [2.05, 4.69) is 9.80 Å². The van der Waals surface area contributed by atoms with Crippen molar-refractivity contribution in [3.63, 3.8) is 0 Å². The fraction of sp³-hybridized carbons (Fsp3) is 0.650. The molecule has 0 bridgehead atoms. The van der Waals surface area contributed by atoms with E-state index in [0.29, 0.717) is 25.4 Å². The molecule has 1 aromatic carbocycles. The van der Waals surface area contributed by atoms with E-state index in [1.165, 1.54) is 12.1 Å². The van der Waals surface area contributed by atoms with Crippen molar-refractivity contribution in [2.75, 3.05) is 55.7 Å². The first-order valence-electron chi connectivity index (χ1n) is 9.96. The fourth-order valence-corrected chi connectivity index (χ4v) is 5.70. The molecule has 3 rings (SSSR count). The molecule has 156 valence electrons. The lowest BCUT2D eigenvalue weighted by molar-refractivity contribution is -0.135. The average molecular weight is 412 g/mol. The summed E-state index contributed by atoms with van der Waals surface area (Å²) in [4.78, 5) is 19.1. The van der Waals surface area contributed by atoms with Gasteiger partial charge in [-0.3, -0.25) is 9.69 Å². The molecular weight excluding hydrogens is 381 g/mol. The predicted octanol–water partition coefficient (Wildman–Crippen LogP) is 1.62. The Morgan fingerprint density at radius 3 is 2.36 bits per heavy atom. The minimum atomic E-state index is -3.02. The zero-order chi connectivity index (χ0) is 20.3. The second-order valence-corrected chi connectivity index (χ2v) is 10.5. The van der Waals surface area contributed by atoms with Crippen molar-refractivity contribution < 1.29 is 17.6 Å². The molecule has 2 aliphatic rings. The van der Waals surface area contributed by atoms with Gasteiger partial charge in [0.1, 0.15) is 5.82 Å². The SMILES string of the molecule is CC(C)CN(C(=O)CN1CCN(c2ccc(F)cc2)CC1)[C@@H]1CCS(=O)(=O)C1. The number of halogens is 1. The van der Waals surface area contributed by atoms with Crippen molar-refractivity contribution in [2.24, 2.45) is 5.92 Å². The minimum absolute atomic E-state index is 0.0195. The van der Waals surface area contributed by atoms with E-state index < -0.39 is 9.84 Å². The van der Waals surface area contributed by atoms with Gasteiger partial charge < -0.3 is 9.80 Å². The van der Waals surface area contributed by atoms with E-state index in [1.807, 2.05) is 13.8 Å². The number of benzene rings is 1. The molecule has 0 spiro atoms. The van der Waals surface area contributed by atoms with E-state index in [0.717, 1.165) is 31.9 Å². The summed E-state index contributed by atoms with van der Waals surface area (Å²) < 4.78 is 36.8. The second kappa shape index (κ2) is 8.78. The topological polar surface area (TPSA) is 60.9 Å². The van der Waals surface area contributed by atoms with E-state index in [1.54, 1.807) is 17.0 Å². The number of sulfone groups is 1. The molecule has 1 amide bonds. The molecule has 2 heterocycles. The van der Waals surface area contributed by atoms with Crippen LogP contribution in [-0.2, 0) is 14.6 Å². The first kappa shape index (κ1) is 21.0. The third-order valence-corrected chi connectivity index (χ3v) is 7.20. The lowest BCUT2D eigenvalue weighted by atomic mass is 10.1. The monoisotopic (exact) mass is 411 g/mol. The maximum atomic E-state index is 13.1. The number of carbonyl (C=O) groups excluding carboxylic acids is 1. The zero-order valence-electron chi connectivity index (χ0n) is 16.7. The van der Waals surface area contributed by atoms with Crippen LogP contribution in [0.15, 0.2) is 24.3 Å². The molecule has 0 saturated carbocycles. The number of rotatable bonds is 6. The van der Waals surface area contributed by atoms with Gasteiger partial charge in [0, 0.05) is 44.5 Å². The van der Waals surface area contributed by atoms with Crippen molar-refractivity contribution in [2.45, 2.75) is 26.3 Å². The van der Waals surface area contributed by atoms with Gasteiger partial charge in [-0.15, -0.1) is 0 Å². The Balaban J connectivity index is 1.56. The Kier molecular flexibility index (Phi) is 6.60. The van der Waals surface area contributed by atoms with Crippen LogP contribution >= 0.6 is 0 Å². The predicted molar refractivity (Wildman–Crippen MR) is 109 cm³/mol. The van der Waals surface area contributed by atoms with Crippen LogP contribution in [0, 0.1) is 11.7 Å². The van der Waals surface area contributed by atoms with Gasteiger partial charge in [-0.2, -0.15) is 0 Å². The molecule has 0 N–H and O–H groups in total. The van der Waals surface area contributed by atoms with Crippen LogP contribution in [0.25, 0.3) is 0 Å². The third kappa shape index (κ3) is 5.44. The van der Waals surface area contributed by atoms with Crippen LogP contribution < -0.4 is 4.90 Å². The molecule has 0 aliphatic carbocycles. The number of nitrogens with zero attached hydrogens (tertiary/aromatic N) is 3. The van der Waals surface area contributed by atoms with Crippen LogP contribution in [-0.4, -0.2) is 80.9 Å². The standard InChI is InChI=1S/C20H30FN3O3S/c1-16(2)13-24(19-7-12-28(26,27)15-19)20(25)14-22-8-10-23(11-9-22)18-5-3-17(21)4-6-18/h3-6,16,19H,7-15H2,1-2H3/t19-/m1/s1. The Morgan fingerprint density at radius 2 is 1.82 bits per heavy atom. The summed E-state index contributed by atoms with van der Waals surface area (Å²) in [5.74, 6) is 0.334. The average Bonchev–Trinajstić information content (AvgIpc) is 3.00. The largest absolute Gasteiger partial charge is 0.369 e. The molecular formula is C20H30FN3O3S. The summed E-state index contributed by atoms with van der Waals surface area (Å²) >= 11 is 0. The molecule has 0 aromatic heterocycles. The van der Waals surface area contributed by atoms with Gasteiger partial charge in [0.25, 0.3) is 0 Å². The number of hydrogen-bond donors (Lipinski definition) is 0. The van der Waals surface area contributed by atoms with Gasteiger partial charge in [0.2, 0.25) is 5.91 Å². The van der Waals surface area contributed by atoms with E-state index in [9.17, 15) is 17.6 Å². The number of amides is 1. The molecule has 1 atom stereocenters. The van der Waals surface area contributed by atoms with Gasteiger partial charge in [-0.1, -0.05) is 13.8 Å². The quantitative estimate of drug-likeness (QED) is 0.712. The van der Waals surface area contributed by atoms with Crippen molar-refractivity contribution in [3.8, 4) is 0 Å². The summed E-state index contributed by atoms with van der Waals surface area (Å²) in [6, 6.07) is 6.29. The van der Waals surface area contributed by atoms with Crippen molar-refractivity contribution in [1.29, 1.82) is 0 Å². The van der Waals surface area contributed by atoms with Crippen LogP contribution in [0.1, 0.15) is 20.3 Å². The summed E-state index contributed by atoms with van der Waals surface area (Å²) in [7, 11) is -3.02. The van der Waals surface area contributed by atoms with Crippen LogP contribution in [0.2, 0.25) is 0 Å². The van der Waals surface area contributed by atoms with E-state index >= 15 is 0 Å². The van der Waals surface area contributed by atoms with Crippen molar-refractivity contribution in [3.05, 3.63) is 30.1 Å². The Morgan fingerprint density at radius 1 is 1.18 bits per heavy atom. The zero-order valence-corrected chi connectivity index (χ0v) is 17.5. The van der Waals surface area contributed by atoms with E-state index in [4.69, 9.17) is 0 Å². The van der Waals surface area contributed by atoms with Crippen LogP contribution in [0.4, 0.5) is 10.1 Å². The highest BCUT2D eigenvalue weighted by molar-refractivity contribution is 7.91. The summed E-state index contributed by atoms with van der Waals surface area (Å²) in [5, 5.41) is 0. The maximum absolute atomic E-state index is 13.1. The van der Waals surface area contributed by atoms with Crippen molar-refractivity contribution in [1.82, 2.24) is 9.80 Å². The smallest absolute Gasteiger partial charge is 0.237 e.